The van der Waals surface area contributed by atoms with Crippen LogP contribution in [-0.2, 0) is 16.0 Å². The monoisotopic (exact) mass is 508 g/mol. The molecule has 3 aromatic carbocycles. The molecule has 2 heterocycles. The van der Waals surface area contributed by atoms with Gasteiger partial charge in [0.25, 0.3) is 5.56 Å². The Morgan fingerprint density at radius 3 is 2.62 bits per heavy atom. The van der Waals surface area contributed by atoms with E-state index in [2.05, 4.69) is 35.1 Å². The Hall–Kier alpha value is -4.23. The normalized spacial score (nSPS) is 16.4. The van der Waals surface area contributed by atoms with Gasteiger partial charge in [-0.2, -0.15) is 0 Å². The zero-order valence-electron chi connectivity index (χ0n) is 20.2. The molecule has 1 aliphatic carbocycles. The third-order valence-electron chi connectivity index (χ3n) is 6.77. The zero-order valence-corrected chi connectivity index (χ0v) is 21.0. The van der Waals surface area contributed by atoms with E-state index in [0.29, 0.717) is 20.6 Å². The number of esters is 1. The van der Waals surface area contributed by atoms with Crippen molar-refractivity contribution in [2.45, 2.75) is 18.9 Å². The molecule has 0 spiro atoms. The number of aromatic nitrogens is 1. The highest BCUT2D eigenvalue weighted by Gasteiger charge is 2.32. The number of carbonyl (C=O) groups is 1. The summed E-state index contributed by atoms with van der Waals surface area (Å²) in [5.74, 6) is 0.0365. The summed E-state index contributed by atoms with van der Waals surface area (Å²) in [5.41, 5.74) is 6.26. The molecule has 1 atom stereocenters. The molecule has 1 unspecified atom stereocenters. The standard InChI is InChI=1S/C30H24N2O4S/c1-35-26(33)18-36-24-14-8-6-12-21(24)17-25-29(34)32-28(20-10-3-2-4-11-20)23-16-15-19-9-5-7-13-22(19)27(23)31-30(32)37-25/h2-14,17,28H,15-16,18H2,1H3. The second kappa shape index (κ2) is 9.67. The van der Waals surface area contributed by atoms with Gasteiger partial charge >= 0.3 is 5.97 Å². The second-order valence-corrected chi connectivity index (χ2v) is 9.94. The number of carbonyl (C=O) groups excluding carboxylic acids is 1. The van der Waals surface area contributed by atoms with Crippen molar-refractivity contribution in [2.24, 2.45) is 4.99 Å². The molecule has 0 saturated heterocycles. The van der Waals surface area contributed by atoms with Crippen LogP contribution in [0.3, 0.4) is 0 Å². The van der Waals surface area contributed by atoms with Gasteiger partial charge < -0.3 is 9.47 Å². The SMILES string of the molecule is COC(=O)COc1ccccc1C=c1sc2n(c1=O)C(c1ccccc1)C1=C(N=2)c2ccccc2CC1. The fraction of sp³-hybridized carbons (Fsp3) is 0.167. The smallest absolute Gasteiger partial charge is 0.343 e. The van der Waals surface area contributed by atoms with Crippen LogP contribution in [0.25, 0.3) is 11.8 Å². The summed E-state index contributed by atoms with van der Waals surface area (Å²) in [6.45, 7) is -0.206. The Morgan fingerprint density at radius 2 is 1.78 bits per heavy atom. The van der Waals surface area contributed by atoms with E-state index in [9.17, 15) is 9.59 Å². The predicted molar refractivity (Wildman–Crippen MR) is 143 cm³/mol. The first kappa shape index (κ1) is 23.2. The summed E-state index contributed by atoms with van der Waals surface area (Å²) in [4.78, 5) is 31.2. The van der Waals surface area contributed by atoms with Gasteiger partial charge in [0, 0.05) is 11.1 Å². The lowest BCUT2D eigenvalue weighted by molar-refractivity contribution is -0.142. The van der Waals surface area contributed by atoms with Crippen LogP contribution in [-0.4, -0.2) is 24.3 Å². The average molecular weight is 509 g/mol. The lowest BCUT2D eigenvalue weighted by Gasteiger charge is -2.30. The fourth-order valence-corrected chi connectivity index (χ4v) is 6.02. The van der Waals surface area contributed by atoms with Crippen molar-refractivity contribution < 1.29 is 14.3 Å². The average Bonchev–Trinajstić information content (AvgIpc) is 3.25. The predicted octanol–water partition coefficient (Wildman–Crippen LogP) is 3.87. The Labute approximate surface area is 217 Å². The van der Waals surface area contributed by atoms with Crippen LogP contribution in [0.5, 0.6) is 5.75 Å². The Bertz CT molecular complexity index is 1720. The van der Waals surface area contributed by atoms with E-state index in [1.54, 1.807) is 6.07 Å². The number of ether oxygens (including phenoxy) is 2. The summed E-state index contributed by atoms with van der Waals surface area (Å²) < 4.78 is 12.7. The maximum atomic E-state index is 13.9. The van der Waals surface area contributed by atoms with Crippen LogP contribution >= 0.6 is 11.3 Å². The van der Waals surface area contributed by atoms with E-state index in [4.69, 9.17) is 9.73 Å². The Balaban J connectivity index is 1.53. The van der Waals surface area contributed by atoms with Crippen molar-refractivity contribution in [1.29, 1.82) is 0 Å². The summed E-state index contributed by atoms with van der Waals surface area (Å²) in [7, 11) is 1.32. The van der Waals surface area contributed by atoms with Gasteiger partial charge in [0.2, 0.25) is 0 Å². The minimum Gasteiger partial charge on any atom is -0.481 e. The molecule has 0 amide bonds. The largest absolute Gasteiger partial charge is 0.481 e. The topological polar surface area (TPSA) is 69.9 Å². The number of benzene rings is 3. The first-order chi connectivity index (χ1) is 18.1. The number of methoxy groups -OCH3 is 1. The van der Waals surface area contributed by atoms with E-state index in [0.717, 1.165) is 29.7 Å². The summed E-state index contributed by atoms with van der Waals surface area (Å²) >= 11 is 1.37. The minimum atomic E-state index is -0.470. The highest BCUT2D eigenvalue weighted by Crippen LogP contribution is 2.41. The number of aryl methyl sites for hydroxylation is 1. The molecular formula is C30H24N2O4S. The number of hydrogen-bond acceptors (Lipinski definition) is 6. The molecule has 6 nitrogen and oxygen atoms in total. The van der Waals surface area contributed by atoms with E-state index in [-0.39, 0.29) is 18.2 Å². The summed E-state index contributed by atoms with van der Waals surface area (Å²) in [6, 6.07) is 25.7. The number of para-hydroxylation sites is 1. The number of thiazole rings is 1. The summed E-state index contributed by atoms with van der Waals surface area (Å²) in [5, 5.41) is 0. The van der Waals surface area contributed by atoms with Crippen LogP contribution in [0.1, 0.15) is 34.7 Å². The number of rotatable bonds is 5. The lowest BCUT2D eigenvalue weighted by atomic mass is 9.83. The van der Waals surface area contributed by atoms with Gasteiger partial charge in [-0.25, -0.2) is 9.79 Å². The molecule has 6 rings (SSSR count). The van der Waals surface area contributed by atoms with E-state index in [1.807, 2.05) is 53.1 Å². The fourth-order valence-electron chi connectivity index (χ4n) is 5.03. The molecule has 7 heteroatoms. The van der Waals surface area contributed by atoms with E-state index < -0.39 is 5.97 Å². The van der Waals surface area contributed by atoms with Gasteiger partial charge in [0.1, 0.15) is 5.75 Å². The van der Waals surface area contributed by atoms with Crippen molar-refractivity contribution >= 4 is 29.1 Å². The minimum absolute atomic E-state index is 0.0919. The molecule has 0 fully saturated rings. The molecular weight excluding hydrogens is 484 g/mol. The van der Waals surface area contributed by atoms with Crippen LogP contribution < -0.4 is 19.6 Å². The van der Waals surface area contributed by atoms with Crippen LogP contribution in [0.4, 0.5) is 0 Å². The number of nitrogens with zero attached hydrogens (tertiary/aromatic N) is 2. The highest BCUT2D eigenvalue weighted by atomic mass is 32.1. The van der Waals surface area contributed by atoms with E-state index in [1.165, 1.54) is 29.6 Å². The van der Waals surface area contributed by atoms with Crippen molar-refractivity contribution in [3.8, 4) is 5.75 Å². The molecule has 4 aromatic rings. The second-order valence-electron chi connectivity index (χ2n) is 8.93. The Morgan fingerprint density at radius 1 is 1.03 bits per heavy atom. The molecule has 1 aromatic heterocycles. The third-order valence-corrected chi connectivity index (χ3v) is 7.75. The van der Waals surface area contributed by atoms with Crippen molar-refractivity contribution in [1.82, 2.24) is 4.57 Å². The molecule has 2 aliphatic rings. The van der Waals surface area contributed by atoms with Gasteiger partial charge in [-0.3, -0.25) is 9.36 Å². The first-order valence-electron chi connectivity index (χ1n) is 12.1. The maximum absolute atomic E-state index is 13.9. The van der Waals surface area contributed by atoms with Crippen molar-refractivity contribution in [3.05, 3.63) is 126 Å². The number of fused-ring (bicyclic) bond motifs is 3. The number of allylic oxidation sites excluding steroid dienone is 1. The molecule has 37 heavy (non-hydrogen) atoms. The van der Waals surface area contributed by atoms with Crippen molar-refractivity contribution in [3.63, 3.8) is 0 Å². The molecule has 0 N–H and O–H groups in total. The van der Waals surface area contributed by atoms with Gasteiger partial charge in [-0.05, 0) is 41.7 Å². The van der Waals surface area contributed by atoms with Gasteiger partial charge in [-0.15, -0.1) is 0 Å². The molecule has 0 saturated carbocycles. The zero-order chi connectivity index (χ0) is 25.4. The van der Waals surface area contributed by atoms with Crippen LogP contribution in [0, 0.1) is 0 Å². The van der Waals surface area contributed by atoms with Gasteiger partial charge in [-0.1, -0.05) is 84.1 Å². The third kappa shape index (κ3) is 4.21. The Kier molecular flexibility index (Phi) is 6.06. The van der Waals surface area contributed by atoms with E-state index >= 15 is 0 Å². The van der Waals surface area contributed by atoms with Crippen molar-refractivity contribution in [2.75, 3.05) is 13.7 Å². The molecule has 184 valence electrons. The quantitative estimate of drug-likeness (QED) is 0.384. The molecule has 0 radical (unpaired) electrons. The maximum Gasteiger partial charge on any atom is 0.343 e. The number of hydrogen-bond donors (Lipinski definition) is 0. The van der Waals surface area contributed by atoms with Gasteiger partial charge in [0.15, 0.2) is 11.4 Å². The molecule has 1 aliphatic heterocycles. The lowest BCUT2D eigenvalue weighted by Crippen LogP contribution is -2.38. The van der Waals surface area contributed by atoms with Gasteiger partial charge in [0.05, 0.1) is 23.4 Å². The summed E-state index contributed by atoms with van der Waals surface area (Å²) in [6.07, 6.45) is 3.59. The molecule has 0 bridgehead atoms. The van der Waals surface area contributed by atoms with Crippen LogP contribution in [0.2, 0.25) is 0 Å². The van der Waals surface area contributed by atoms with Crippen LogP contribution in [0.15, 0.2) is 94.2 Å². The first-order valence-corrected chi connectivity index (χ1v) is 12.9. The highest BCUT2D eigenvalue weighted by molar-refractivity contribution is 7.07.